The molecule has 2 rings (SSSR count). The molecule has 0 aliphatic heterocycles. The molecule has 0 amide bonds. The Morgan fingerprint density at radius 3 is 2.86 bits per heavy atom. The third-order valence-electron chi connectivity index (χ3n) is 2.44. The van der Waals surface area contributed by atoms with E-state index in [9.17, 15) is 20.0 Å². The van der Waals surface area contributed by atoms with Crippen LogP contribution in [0.3, 0.4) is 0 Å². The Balaban J connectivity index is 2.17. The van der Waals surface area contributed by atoms with Crippen molar-refractivity contribution >= 4 is 17.9 Å². The van der Waals surface area contributed by atoms with Gasteiger partial charge in [-0.05, 0) is 12.5 Å². The number of aromatic amines is 1. The maximum absolute atomic E-state index is 11.5. The molecule has 0 saturated carbocycles. The van der Waals surface area contributed by atoms with E-state index in [-0.39, 0.29) is 22.9 Å². The van der Waals surface area contributed by atoms with Gasteiger partial charge in [0.2, 0.25) is 5.95 Å². The van der Waals surface area contributed by atoms with Gasteiger partial charge in [0.15, 0.2) is 0 Å². The van der Waals surface area contributed by atoms with E-state index in [2.05, 4.69) is 25.7 Å². The first-order valence-corrected chi connectivity index (χ1v) is 5.65. The smallest absolute Gasteiger partial charge is 0.274 e. The van der Waals surface area contributed by atoms with E-state index >= 15 is 0 Å². The number of non-ortho nitro benzene ring substituents is 1. The van der Waals surface area contributed by atoms with Crippen LogP contribution in [0.5, 0.6) is 5.75 Å². The van der Waals surface area contributed by atoms with Gasteiger partial charge in [0.1, 0.15) is 5.69 Å². The number of nitro groups is 1. The number of nitrogens with zero attached hydrogens (tertiary/aromatic N) is 4. The number of hydrogen-bond acceptors (Lipinski definition) is 8. The van der Waals surface area contributed by atoms with Gasteiger partial charge < -0.3 is 5.11 Å². The van der Waals surface area contributed by atoms with Gasteiger partial charge in [0, 0.05) is 12.1 Å². The van der Waals surface area contributed by atoms with Crippen molar-refractivity contribution in [1.82, 2.24) is 15.2 Å². The standard InChI is InChI=1S/C11H10N6O4/c1-6-10(19)13-11(16-14-6)15-12-5-7-4-8(17(20)21)2-3-9(7)18/h2-5,18H,1H3,(H2,13,15,16,19)/p-1/b12-5+. The molecule has 0 atom stereocenters. The number of nitro benzene ring substituents is 1. The molecule has 1 aromatic heterocycles. The summed E-state index contributed by atoms with van der Waals surface area (Å²) in [6.45, 7) is 1.49. The molecule has 0 radical (unpaired) electrons. The lowest BCUT2D eigenvalue weighted by Crippen LogP contribution is -2.15. The van der Waals surface area contributed by atoms with E-state index < -0.39 is 16.2 Å². The molecule has 10 heteroatoms. The van der Waals surface area contributed by atoms with E-state index in [1.54, 1.807) is 0 Å². The monoisotopic (exact) mass is 289 g/mol. The predicted octanol–water partition coefficient (Wildman–Crippen LogP) is -0.0989. The number of benzene rings is 1. The zero-order valence-electron chi connectivity index (χ0n) is 10.7. The Kier molecular flexibility index (Phi) is 3.88. The SMILES string of the molecule is Cc1nnc(N/N=C/c2cc([N+](=O)[O-])ccc2[O-])[nH]c1=O. The average Bonchev–Trinajstić information content (AvgIpc) is 2.44. The van der Waals surface area contributed by atoms with Gasteiger partial charge in [-0.15, -0.1) is 10.2 Å². The topological polar surface area (TPSA) is 149 Å². The van der Waals surface area contributed by atoms with Crippen molar-refractivity contribution in [2.45, 2.75) is 6.92 Å². The lowest BCUT2D eigenvalue weighted by molar-refractivity contribution is -0.385. The average molecular weight is 289 g/mol. The summed E-state index contributed by atoms with van der Waals surface area (Å²) in [6.07, 6.45) is 1.09. The molecule has 0 unspecified atom stereocenters. The van der Waals surface area contributed by atoms with Gasteiger partial charge in [-0.1, -0.05) is 11.8 Å². The second-order valence-corrected chi connectivity index (χ2v) is 3.94. The minimum absolute atomic E-state index is 0.0141. The van der Waals surface area contributed by atoms with Crippen LogP contribution in [0.15, 0.2) is 28.1 Å². The second kappa shape index (κ2) is 5.77. The molecule has 21 heavy (non-hydrogen) atoms. The maximum Gasteiger partial charge on any atom is 0.274 e. The number of anilines is 1. The minimum atomic E-state index is -0.618. The van der Waals surface area contributed by atoms with Crippen LogP contribution in [0.1, 0.15) is 11.3 Å². The lowest BCUT2D eigenvalue weighted by Gasteiger charge is -2.08. The van der Waals surface area contributed by atoms with Crippen molar-refractivity contribution in [3.05, 3.63) is 49.9 Å². The molecule has 0 aliphatic carbocycles. The Morgan fingerprint density at radius 1 is 1.43 bits per heavy atom. The van der Waals surface area contributed by atoms with Gasteiger partial charge in [0.25, 0.3) is 11.2 Å². The van der Waals surface area contributed by atoms with Gasteiger partial charge >= 0.3 is 0 Å². The van der Waals surface area contributed by atoms with Crippen molar-refractivity contribution in [3.8, 4) is 5.75 Å². The van der Waals surface area contributed by atoms with Crippen LogP contribution in [-0.4, -0.2) is 26.3 Å². The third-order valence-corrected chi connectivity index (χ3v) is 2.44. The molecule has 0 bridgehead atoms. The summed E-state index contributed by atoms with van der Waals surface area (Å²) in [5, 5.41) is 33.0. The highest BCUT2D eigenvalue weighted by atomic mass is 16.6. The molecule has 10 nitrogen and oxygen atoms in total. The maximum atomic E-state index is 11.5. The van der Waals surface area contributed by atoms with Crippen molar-refractivity contribution in [2.75, 3.05) is 5.43 Å². The van der Waals surface area contributed by atoms with E-state index in [0.29, 0.717) is 0 Å². The van der Waals surface area contributed by atoms with Crippen LogP contribution in [0.2, 0.25) is 0 Å². The largest absolute Gasteiger partial charge is 0.872 e. The highest BCUT2D eigenvalue weighted by Gasteiger charge is 2.05. The molecule has 0 spiro atoms. The Labute approximate surface area is 117 Å². The molecule has 0 fully saturated rings. The first kappa shape index (κ1) is 14.1. The minimum Gasteiger partial charge on any atom is -0.872 e. The number of nitrogens with one attached hydrogen (secondary N) is 2. The van der Waals surface area contributed by atoms with Gasteiger partial charge in [-0.3, -0.25) is 19.9 Å². The van der Waals surface area contributed by atoms with E-state index in [4.69, 9.17) is 0 Å². The quantitative estimate of drug-likeness (QED) is 0.453. The third kappa shape index (κ3) is 3.37. The number of H-pyrrole nitrogens is 1. The summed E-state index contributed by atoms with van der Waals surface area (Å²) in [6, 6.07) is 3.28. The van der Waals surface area contributed by atoms with Crippen molar-refractivity contribution in [1.29, 1.82) is 0 Å². The zero-order valence-corrected chi connectivity index (χ0v) is 10.7. The summed E-state index contributed by atoms with van der Waals surface area (Å²) < 4.78 is 0. The summed E-state index contributed by atoms with van der Waals surface area (Å²) in [4.78, 5) is 23.6. The number of hydrazone groups is 1. The highest BCUT2D eigenvalue weighted by molar-refractivity contribution is 5.84. The molecular formula is C11H9N6O4-. The normalized spacial score (nSPS) is 10.7. The lowest BCUT2D eigenvalue weighted by atomic mass is 10.2. The second-order valence-electron chi connectivity index (χ2n) is 3.94. The predicted molar refractivity (Wildman–Crippen MR) is 71.1 cm³/mol. The fourth-order valence-electron chi connectivity index (χ4n) is 1.36. The highest BCUT2D eigenvalue weighted by Crippen LogP contribution is 2.19. The van der Waals surface area contributed by atoms with Crippen molar-refractivity contribution in [2.24, 2.45) is 5.10 Å². The van der Waals surface area contributed by atoms with Crippen LogP contribution in [0.25, 0.3) is 0 Å². The number of rotatable bonds is 4. The zero-order chi connectivity index (χ0) is 15.4. The molecule has 2 N–H and O–H groups in total. The van der Waals surface area contributed by atoms with Crippen LogP contribution >= 0.6 is 0 Å². The van der Waals surface area contributed by atoms with Crippen LogP contribution in [0.4, 0.5) is 11.6 Å². The molecule has 0 aliphatic rings. The fourth-order valence-corrected chi connectivity index (χ4v) is 1.36. The number of aromatic nitrogens is 3. The molecule has 1 aromatic carbocycles. The molecule has 2 aromatic rings. The molecule has 0 saturated heterocycles. The summed E-state index contributed by atoms with van der Waals surface area (Å²) in [5.41, 5.74) is 1.94. The van der Waals surface area contributed by atoms with E-state index in [1.165, 1.54) is 6.92 Å². The van der Waals surface area contributed by atoms with E-state index in [1.807, 2.05) is 0 Å². The number of hydrogen-bond donors (Lipinski definition) is 2. The Hall–Kier alpha value is -3.30. The van der Waals surface area contributed by atoms with Crippen LogP contribution < -0.4 is 16.1 Å². The number of aryl methyl sites for hydroxylation is 1. The van der Waals surface area contributed by atoms with Gasteiger partial charge in [0.05, 0.1) is 11.1 Å². The first-order valence-electron chi connectivity index (χ1n) is 5.65. The van der Waals surface area contributed by atoms with Crippen LogP contribution in [-0.2, 0) is 0 Å². The Bertz CT molecular complexity index is 770. The van der Waals surface area contributed by atoms with Gasteiger partial charge in [-0.25, -0.2) is 5.43 Å². The molecule has 1 heterocycles. The first-order chi connectivity index (χ1) is 9.97. The summed E-state index contributed by atoms with van der Waals surface area (Å²) in [5.74, 6) is -0.436. The molecular weight excluding hydrogens is 280 g/mol. The van der Waals surface area contributed by atoms with E-state index in [0.717, 1.165) is 24.4 Å². The van der Waals surface area contributed by atoms with Crippen LogP contribution in [0, 0.1) is 17.0 Å². The fraction of sp³-hybridized carbons (Fsp3) is 0.0909. The Morgan fingerprint density at radius 2 is 2.19 bits per heavy atom. The molecule has 108 valence electrons. The van der Waals surface area contributed by atoms with Gasteiger partial charge in [-0.2, -0.15) is 5.10 Å². The summed E-state index contributed by atoms with van der Waals surface area (Å²) in [7, 11) is 0. The van der Waals surface area contributed by atoms with Crippen molar-refractivity contribution in [3.63, 3.8) is 0 Å². The van der Waals surface area contributed by atoms with Crippen molar-refractivity contribution < 1.29 is 10.0 Å². The summed E-state index contributed by atoms with van der Waals surface area (Å²) >= 11 is 0.